The van der Waals surface area contributed by atoms with Gasteiger partial charge in [-0.15, -0.1) is 0 Å². The smallest absolute Gasteiger partial charge is 0.248 e. The van der Waals surface area contributed by atoms with Crippen LogP contribution in [0.5, 0.6) is 0 Å². The van der Waals surface area contributed by atoms with E-state index in [0.29, 0.717) is 12.8 Å². The molecule has 0 spiro atoms. The molecule has 0 aromatic heterocycles. The van der Waals surface area contributed by atoms with Gasteiger partial charge in [0.05, 0.1) is 12.2 Å². The van der Waals surface area contributed by atoms with Gasteiger partial charge in [-0.2, -0.15) is 8.42 Å². The summed E-state index contributed by atoms with van der Waals surface area (Å²) in [6.07, 6.45) is 9.22. The molecule has 0 radical (unpaired) electrons. The van der Waals surface area contributed by atoms with Gasteiger partial charge in [0, 0.05) is 0 Å². The summed E-state index contributed by atoms with van der Waals surface area (Å²) in [7, 11) is -4.01. The Balaban J connectivity index is 5.37. The first-order valence-electron chi connectivity index (χ1n) is 10.8. The second-order valence-corrected chi connectivity index (χ2v) is 11.7. The zero-order valence-corrected chi connectivity index (χ0v) is 20.1. The summed E-state index contributed by atoms with van der Waals surface area (Å²) < 4.78 is 36.4. The Morgan fingerprint density at radius 2 is 1.19 bits per heavy atom. The SMILES string of the molecule is CCCCCCOS(=O)(=O)OC(CCCCC)(CC(C)(C)C)CC(C)(C)C. The lowest BCUT2D eigenvalue weighted by Crippen LogP contribution is -2.42. The average Bonchev–Trinajstić information content (AvgIpc) is 2.42. The molecule has 0 aromatic rings. The van der Waals surface area contributed by atoms with Crippen LogP contribution < -0.4 is 0 Å². The van der Waals surface area contributed by atoms with Gasteiger partial charge in [0.25, 0.3) is 0 Å². The molecule has 27 heavy (non-hydrogen) atoms. The van der Waals surface area contributed by atoms with Gasteiger partial charge in [-0.1, -0.05) is 93.9 Å². The normalized spacial score (nSPS) is 13.9. The number of hydrogen-bond acceptors (Lipinski definition) is 4. The lowest BCUT2D eigenvalue weighted by Gasteiger charge is -2.41. The van der Waals surface area contributed by atoms with Crippen molar-refractivity contribution in [2.24, 2.45) is 10.8 Å². The number of rotatable bonds is 14. The Morgan fingerprint density at radius 3 is 1.63 bits per heavy atom. The van der Waals surface area contributed by atoms with E-state index in [1.807, 2.05) is 0 Å². The molecule has 4 nitrogen and oxygen atoms in total. The number of hydrogen-bond donors (Lipinski definition) is 0. The molecule has 0 heterocycles. The monoisotopic (exact) mass is 406 g/mol. The fourth-order valence-electron chi connectivity index (χ4n) is 3.90. The maximum absolute atomic E-state index is 12.6. The van der Waals surface area contributed by atoms with Crippen LogP contribution in [0.3, 0.4) is 0 Å². The summed E-state index contributed by atoms with van der Waals surface area (Å²) in [5.74, 6) is 0. The van der Waals surface area contributed by atoms with E-state index in [0.717, 1.165) is 51.4 Å². The van der Waals surface area contributed by atoms with Gasteiger partial charge in [-0.25, -0.2) is 8.37 Å². The van der Waals surface area contributed by atoms with E-state index >= 15 is 0 Å². The van der Waals surface area contributed by atoms with Crippen molar-refractivity contribution < 1.29 is 16.8 Å². The third-order valence-corrected chi connectivity index (χ3v) is 5.46. The summed E-state index contributed by atoms with van der Waals surface area (Å²) in [6.45, 7) is 17.4. The largest absolute Gasteiger partial charge is 0.400 e. The molecular weight excluding hydrogens is 360 g/mol. The van der Waals surface area contributed by atoms with Crippen LogP contribution in [0.4, 0.5) is 0 Å². The molecule has 0 N–H and O–H groups in total. The predicted octanol–water partition coefficient (Wildman–Crippen LogP) is 7.04. The topological polar surface area (TPSA) is 52.6 Å². The van der Waals surface area contributed by atoms with Crippen molar-refractivity contribution in [2.75, 3.05) is 6.61 Å². The highest BCUT2D eigenvalue weighted by Crippen LogP contribution is 2.43. The summed E-state index contributed by atoms with van der Waals surface area (Å²) >= 11 is 0. The molecule has 0 saturated carbocycles. The molecule has 0 amide bonds. The van der Waals surface area contributed by atoms with E-state index in [1.165, 1.54) is 0 Å². The van der Waals surface area contributed by atoms with Gasteiger partial charge < -0.3 is 0 Å². The Hall–Kier alpha value is -0.130. The Morgan fingerprint density at radius 1 is 0.704 bits per heavy atom. The number of unbranched alkanes of at least 4 members (excludes halogenated alkanes) is 5. The van der Waals surface area contributed by atoms with Gasteiger partial charge in [-0.3, -0.25) is 0 Å². The molecule has 0 fully saturated rings. The van der Waals surface area contributed by atoms with Crippen molar-refractivity contribution in [3.63, 3.8) is 0 Å². The Labute approximate surface area is 170 Å². The molecule has 0 unspecified atom stereocenters. The maximum atomic E-state index is 12.6. The van der Waals surface area contributed by atoms with E-state index < -0.39 is 16.0 Å². The third kappa shape index (κ3) is 14.5. The van der Waals surface area contributed by atoms with E-state index in [-0.39, 0.29) is 17.4 Å². The fourth-order valence-corrected chi connectivity index (χ4v) is 4.90. The zero-order chi connectivity index (χ0) is 21.2. The molecule has 164 valence electrons. The highest BCUT2D eigenvalue weighted by molar-refractivity contribution is 7.81. The summed E-state index contributed by atoms with van der Waals surface area (Å²) in [6, 6.07) is 0. The van der Waals surface area contributed by atoms with Gasteiger partial charge in [0.1, 0.15) is 0 Å². The first-order valence-corrected chi connectivity index (χ1v) is 12.2. The molecule has 0 aromatic carbocycles. The molecular formula is C22H46O4S. The molecule has 0 rings (SSSR count). The van der Waals surface area contributed by atoms with Crippen molar-refractivity contribution in [1.82, 2.24) is 0 Å². The first kappa shape index (κ1) is 26.9. The maximum Gasteiger partial charge on any atom is 0.400 e. The molecule has 0 aliphatic heterocycles. The molecule has 0 bridgehead atoms. The van der Waals surface area contributed by atoms with E-state index in [1.54, 1.807) is 0 Å². The molecule has 0 aliphatic rings. The Bertz CT molecular complexity index is 467. The van der Waals surface area contributed by atoms with Crippen LogP contribution in [0.2, 0.25) is 0 Å². The lowest BCUT2D eigenvalue weighted by molar-refractivity contribution is -0.0227. The van der Waals surface area contributed by atoms with E-state index in [9.17, 15) is 8.42 Å². The van der Waals surface area contributed by atoms with Crippen molar-refractivity contribution in [1.29, 1.82) is 0 Å². The quantitative estimate of drug-likeness (QED) is 0.290. The second-order valence-electron chi connectivity index (χ2n) is 10.5. The average molecular weight is 407 g/mol. The second kappa shape index (κ2) is 11.8. The predicted molar refractivity (Wildman–Crippen MR) is 115 cm³/mol. The van der Waals surface area contributed by atoms with Crippen molar-refractivity contribution >= 4 is 10.4 Å². The highest BCUT2D eigenvalue weighted by Gasteiger charge is 2.42. The molecule has 0 aliphatic carbocycles. The van der Waals surface area contributed by atoms with Crippen LogP contribution in [-0.4, -0.2) is 20.6 Å². The minimum Gasteiger partial charge on any atom is -0.248 e. The van der Waals surface area contributed by atoms with Gasteiger partial charge in [-0.05, 0) is 36.5 Å². The minimum absolute atomic E-state index is 0.0336. The third-order valence-electron chi connectivity index (χ3n) is 4.45. The standard InChI is InChI=1S/C22H46O4S/c1-9-11-13-15-17-25-27(23,24)26-22(16-14-12-10-2,18-20(3,4)5)19-21(6,7)8/h9-19H2,1-8H3. The molecule has 0 atom stereocenters. The van der Waals surface area contributed by atoms with Gasteiger partial charge in [0.15, 0.2) is 0 Å². The van der Waals surface area contributed by atoms with Crippen LogP contribution in [0.15, 0.2) is 0 Å². The van der Waals surface area contributed by atoms with E-state index in [2.05, 4.69) is 55.4 Å². The molecule has 5 heteroatoms. The summed E-state index contributed by atoms with van der Waals surface area (Å²) in [5, 5.41) is 0. The summed E-state index contributed by atoms with van der Waals surface area (Å²) in [4.78, 5) is 0. The van der Waals surface area contributed by atoms with Crippen LogP contribution in [0, 0.1) is 10.8 Å². The first-order chi connectivity index (χ1) is 12.2. The van der Waals surface area contributed by atoms with Crippen LogP contribution in [-0.2, 0) is 18.8 Å². The van der Waals surface area contributed by atoms with Gasteiger partial charge >= 0.3 is 10.4 Å². The van der Waals surface area contributed by atoms with Crippen molar-refractivity contribution in [3.8, 4) is 0 Å². The van der Waals surface area contributed by atoms with E-state index in [4.69, 9.17) is 8.37 Å². The molecule has 0 saturated heterocycles. The lowest BCUT2D eigenvalue weighted by atomic mass is 9.72. The van der Waals surface area contributed by atoms with Gasteiger partial charge in [0.2, 0.25) is 0 Å². The van der Waals surface area contributed by atoms with Crippen LogP contribution >= 0.6 is 0 Å². The van der Waals surface area contributed by atoms with Crippen LogP contribution in [0.25, 0.3) is 0 Å². The fraction of sp³-hybridized carbons (Fsp3) is 1.00. The van der Waals surface area contributed by atoms with Crippen molar-refractivity contribution in [3.05, 3.63) is 0 Å². The Kier molecular flexibility index (Phi) is 11.7. The van der Waals surface area contributed by atoms with Crippen molar-refractivity contribution in [2.45, 2.75) is 125 Å². The zero-order valence-electron chi connectivity index (χ0n) is 19.3. The van der Waals surface area contributed by atoms with Crippen LogP contribution in [0.1, 0.15) is 120 Å². The highest BCUT2D eigenvalue weighted by atomic mass is 32.3. The minimum atomic E-state index is -4.01. The summed E-state index contributed by atoms with van der Waals surface area (Å²) in [5.41, 5.74) is -0.782.